The molecule has 19 heavy (non-hydrogen) atoms. The Morgan fingerprint density at radius 2 is 2.47 bits per heavy atom. The number of aliphatic hydroxyl groups is 1. The highest BCUT2D eigenvalue weighted by Crippen LogP contribution is 2.19. The van der Waals surface area contributed by atoms with Gasteiger partial charge in [-0.1, -0.05) is 12.1 Å². The van der Waals surface area contributed by atoms with E-state index in [0.717, 1.165) is 19.6 Å². The van der Waals surface area contributed by atoms with Crippen LogP contribution in [0.5, 0.6) is 0 Å². The normalized spacial score (nSPS) is 22.1. The molecule has 0 bridgehead atoms. The number of ether oxygens (including phenoxy) is 1. The second kappa shape index (κ2) is 6.61. The molecule has 1 N–H and O–H groups in total. The van der Waals surface area contributed by atoms with Gasteiger partial charge in [-0.15, -0.1) is 0 Å². The van der Waals surface area contributed by atoms with Crippen LogP contribution in [0, 0.1) is 11.3 Å². The number of aromatic nitrogens is 2. The standard InChI is InChI=1S/C12H18N4O3/c1-2-16-5-6-18-10(8-16)12-14-11(19-15-12)7-9(17)3-4-13/h9-10,17H,2-3,5-8H2,1H3. The highest BCUT2D eigenvalue weighted by molar-refractivity contribution is 4.95. The highest BCUT2D eigenvalue weighted by Gasteiger charge is 2.25. The molecule has 7 heteroatoms. The maximum atomic E-state index is 9.51. The predicted octanol–water partition coefficient (Wildman–Crippen LogP) is 0.280. The molecular formula is C12H18N4O3. The molecule has 1 aliphatic heterocycles. The van der Waals surface area contributed by atoms with Crippen LogP contribution in [0.25, 0.3) is 0 Å². The van der Waals surface area contributed by atoms with Crippen molar-refractivity contribution >= 4 is 0 Å². The SMILES string of the molecule is CCN1CCOC(c2noc(CC(O)CC#N)n2)C1. The van der Waals surface area contributed by atoms with Crippen molar-refractivity contribution in [2.24, 2.45) is 0 Å². The molecule has 0 spiro atoms. The molecule has 0 saturated carbocycles. The lowest BCUT2D eigenvalue weighted by Crippen LogP contribution is -2.38. The molecule has 0 radical (unpaired) electrons. The average molecular weight is 266 g/mol. The van der Waals surface area contributed by atoms with Crippen LogP contribution in [-0.4, -0.2) is 52.5 Å². The first-order chi connectivity index (χ1) is 9.22. The molecule has 1 saturated heterocycles. The number of hydrogen-bond donors (Lipinski definition) is 1. The number of hydrogen-bond acceptors (Lipinski definition) is 7. The first-order valence-electron chi connectivity index (χ1n) is 6.44. The van der Waals surface area contributed by atoms with Crippen molar-refractivity contribution in [3.8, 4) is 6.07 Å². The summed E-state index contributed by atoms with van der Waals surface area (Å²) in [6.45, 7) is 5.38. The fraction of sp³-hybridized carbons (Fsp3) is 0.750. The molecule has 0 aliphatic carbocycles. The zero-order valence-corrected chi connectivity index (χ0v) is 10.9. The molecular weight excluding hydrogens is 248 g/mol. The fourth-order valence-electron chi connectivity index (χ4n) is 2.01. The number of nitriles is 1. The summed E-state index contributed by atoms with van der Waals surface area (Å²) >= 11 is 0. The van der Waals surface area contributed by atoms with E-state index in [2.05, 4.69) is 22.0 Å². The molecule has 1 aromatic rings. The number of rotatable bonds is 5. The Morgan fingerprint density at radius 1 is 1.63 bits per heavy atom. The third-order valence-corrected chi connectivity index (χ3v) is 3.11. The fourth-order valence-corrected chi connectivity index (χ4v) is 2.01. The van der Waals surface area contributed by atoms with Gasteiger partial charge in [0.05, 0.1) is 31.6 Å². The van der Waals surface area contributed by atoms with Gasteiger partial charge in [0, 0.05) is 13.1 Å². The molecule has 2 unspecified atom stereocenters. The molecule has 2 heterocycles. The Hall–Kier alpha value is -1.49. The second-order valence-corrected chi connectivity index (χ2v) is 4.52. The van der Waals surface area contributed by atoms with E-state index in [9.17, 15) is 5.11 Å². The third kappa shape index (κ3) is 3.73. The van der Waals surface area contributed by atoms with Crippen molar-refractivity contribution in [1.29, 1.82) is 5.26 Å². The predicted molar refractivity (Wildman–Crippen MR) is 65.0 cm³/mol. The Morgan fingerprint density at radius 3 is 3.21 bits per heavy atom. The van der Waals surface area contributed by atoms with E-state index < -0.39 is 6.10 Å². The van der Waals surface area contributed by atoms with E-state index in [-0.39, 0.29) is 18.9 Å². The van der Waals surface area contributed by atoms with E-state index in [0.29, 0.717) is 18.3 Å². The summed E-state index contributed by atoms with van der Waals surface area (Å²) < 4.78 is 10.7. The Labute approximate surface area is 111 Å². The smallest absolute Gasteiger partial charge is 0.229 e. The number of likely N-dealkylation sites (N-methyl/N-ethyl adjacent to an activating group) is 1. The van der Waals surface area contributed by atoms with Crippen LogP contribution in [-0.2, 0) is 11.2 Å². The molecule has 0 amide bonds. The summed E-state index contributed by atoms with van der Waals surface area (Å²) in [5.41, 5.74) is 0. The van der Waals surface area contributed by atoms with Crippen molar-refractivity contribution in [2.45, 2.75) is 32.0 Å². The van der Waals surface area contributed by atoms with Gasteiger partial charge >= 0.3 is 0 Å². The van der Waals surface area contributed by atoms with Crippen molar-refractivity contribution in [1.82, 2.24) is 15.0 Å². The molecule has 2 rings (SSSR count). The van der Waals surface area contributed by atoms with Gasteiger partial charge in [0.1, 0.15) is 6.10 Å². The van der Waals surface area contributed by atoms with Crippen LogP contribution in [0.1, 0.15) is 31.2 Å². The van der Waals surface area contributed by atoms with Gasteiger partial charge < -0.3 is 14.4 Å². The minimum absolute atomic E-state index is 0.0568. The molecule has 104 valence electrons. The Balaban J connectivity index is 1.95. The van der Waals surface area contributed by atoms with E-state index in [1.54, 1.807) is 0 Å². The zero-order valence-electron chi connectivity index (χ0n) is 10.9. The summed E-state index contributed by atoms with van der Waals surface area (Å²) in [5.74, 6) is 0.854. The zero-order chi connectivity index (χ0) is 13.7. The van der Waals surface area contributed by atoms with E-state index >= 15 is 0 Å². The molecule has 2 atom stereocenters. The van der Waals surface area contributed by atoms with Gasteiger partial charge in [-0.3, -0.25) is 4.90 Å². The summed E-state index contributed by atoms with van der Waals surface area (Å²) in [4.78, 5) is 6.48. The summed E-state index contributed by atoms with van der Waals surface area (Å²) in [6, 6.07) is 1.90. The Bertz CT molecular complexity index is 442. The van der Waals surface area contributed by atoms with E-state index in [1.165, 1.54) is 0 Å². The monoisotopic (exact) mass is 266 g/mol. The highest BCUT2D eigenvalue weighted by atomic mass is 16.5. The van der Waals surface area contributed by atoms with Crippen LogP contribution in [0.2, 0.25) is 0 Å². The number of aliphatic hydroxyl groups excluding tert-OH is 1. The van der Waals surface area contributed by atoms with Crippen molar-refractivity contribution in [2.75, 3.05) is 26.2 Å². The van der Waals surface area contributed by atoms with Crippen LogP contribution in [0.4, 0.5) is 0 Å². The average Bonchev–Trinajstić information content (AvgIpc) is 2.87. The third-order valence-electron chi connectivity index (χ3n) is 3.11. The lowest BCUT2D eigenvalue weighted by molar-refractivity contribution is -0.0334. The largest absolute Gasteiger partial charge is 0.392 e. The maximum Gasteiger partial charge on any atom is 0.229 e. The maximum absolute atomic E-state index is 9.51. The molecule has 1 aliphatic rings. The van der Waals surface area contributed by atoms with Gasteiger partial charge in [0.2, 0.25) is 11.7 Å². The first-order valence-corrected chi connectivity index (χ1v) is 6.44. The quantitative estimate of drug-likeness (QED) is 0.817. The number of nitrogens with zero attached hydrogens (tertiary/aromatic N) is 4. The van der Waals surface area contributed by atoms with Gasteiger partial charge in [-0.2, -0.15) is 10.2 Å². The summed E-state index contributed by atoms with van der Waals surface area (Å²) in [5, 5.41) is 21.9. The van der Waals surface area contributed by atoms with Crippen molar-refractivity contribution in [3.63, 3.8) is 0 Å². The second-order valence-electron chi connectivity index (χ2n) is 4.52. The summed E-state index contributed by atoms with van der Waals surface area (Å²) in [6.07, 6.45) is -0.691. The van der Waals surface area contributed by atoms with Crippen LogP contribution in [0.15, 0.2) is 4.52 Å². The minimum atomic E-state index is -0.766. The van der Waals surface area contributed by atoms with E-state index in [4.69, 9.17) is 14.5 Å². The molecule has 0 aromatic carbocycles. The van der Waals surface area contributed by atoms with Gasteiger partial charge in [-0.05, 0) is 6.54 Å². The van der Waals surface area contributed by atoms with Gasteiger partial charge in [0.25, 0.3) is 0 Å². The molecule has 1 aromatic heterocycles. The summed E-state index contributed by atoms with van der Waals surface area (Å²) in [7, 11) is 0. The van der Waals surface area contributed by atoms with Crippen molar-refractivity contribution < 1.29 is 14.4 Å². The first kappa shape index (κ1) is 13.9. The van der Waals surface area contributed by atoms with Gasteiger partial charge in [0.15, 0.2) is 0 Å². The lowest BCUT2D eigenvalue weighted by atomic mass is 10.2. The molecule has 7 nitrogen and oxygen atoms in total. The van der Waals surface area contributed by atoms with E-state index in [1.807, 2.05) is 6.07 Å². The lowest BCUT2D eigenvalue weighted by Gasteiger charge is -2.30. The van der Waals surface area contributed by atoms with Gasteiger partial charge in [-0.25, -0.2) is 0 Å². The van der Waals surface area contributed by atoms with Crippen LogP contribution >= 0.6 is 0 Å². The Kier molecular flexibility index (Phi) is 4.85. The molecule has 1 fully saturated rings. The minimum Gasteiger partial charge on any atom is -0.392 e. The van der Waals surface area contributed by atoms with Crippen LogP contribution < -0.4 is 0 Å². The van der Waals surface area contributed by atoms with Crippen LogP contribution in [0.3, 0.4) is 0 Å². The topological polar surface area (TPSA) is 95.4 Å². The van der Waals surface area contributed by atoms with Crippen molar-refractivity contribution in [3.05, 3.63) is 11.7 Å². The number of morpholine rings is 1.